The molecule has 2 rings (SSSR count). The molecule has 0 unspecified atom stereocenters. The number of nitrogens with zero attached hydrogens (tertiary/aromatic N) is 2. The van der Waals surface area contributed by atoms with Gasteiger partial charge < -0.3 is 15.0 Å². The summed E-state index contributed by atoms with van der Waals surface area (Å²) in [5.41, 5.74) is 1.73. The van der Waals surface area contributed by atoms with Crippen molar-refractivity contribution < 1.29 is 9.66 Å². The molecule has 1 aliphatic heterocycles. The van der Waals surface area contributed by atoms with E-state index in [1.165, 1.54) is 0 Å². The monoisotopic (exact) mass is 265 g/mol. The summed E-state index contributed by atoms with van der Waals surface area (Å²) in [6, 6.07) is 5.47. The van der Waals surface area contributed by atoms with E-state index >= 15 is 0 Å². The molecule has 0 amide bonds. The molecule has 6 nitrogen and oxygen atoms in total. The molecule has 0 spiro atoms. The highest BCUT2D eigenvalue weighted by atomic mass is 16.6. The van der Waals surface area contributed by atoms with Crippen LogP contribution in [0.3, 0.4) is 0 Å². The van der Waals surface area contributed by atoms with Crippen LogP contribution in [-0.4, -0.2) is 38.3 Å². The van der Waals surface area contributed by atoms with Gasteiger partial charge in [-0.2, -0.15) is 0 Å². The van der Waals surface area contributed by atoms with Crippen LogP contribution >= 0.6 is 0 Å². The fraction of sp³-hybridized carbons (Fsp3) is 0.538. The van der Waals surface area contributed by atoms with E-state index in [1.807, 2.05) is 13.1 Å². The zero-order valence-electron chi connectivity index (χ0n) is 11.3. The Morgan fingerprint density at radius 1 is 1.37 bits per heavy atom. The fourth-order valence-electron chi connectivity index (χ4n) is 2.33. The van der Waals surface area contributed by atoms with Crippen LogP contribution in [0.2, 0.25) is 0 Å². The van der Waals surface area contributed by atoms with Crippen LogP contribution in [0.15, 0.2) is 18.2 Å². The Morgan fingerprint density at radius 3 is 2.63 bits per heavy atom. The standard InChI is InChI=1S/C13H19N3O3/c1-14-10-7-12(9-13(8-10)16(17)18)15(2)11-3-5-19-6-4-11/h7-9,11,14H,3-6H2,1-2H3. The molecule has 1 N–H and O–H groups in total. The van der Waals surface area contributed by atoms with Gasteiger partial charge in [-0.1, -0.05) is 0 Å². The summed E-state index contributed by atoms with van der Waals surface area (Å²) in [6.07, 6.45) is 1.90. The topological polar surface area (TPSA) is 67.6 Å². The number of hydrogen-bond acceptors (Lipinski definition) is 5. The lowest BCUT2D eigenvalue weighted by Gasteiger charge is -2.33. The van der Waals surface area contributed by atoms with E-state index in [4.69, 9.17) is 4.74 Å². The molecule has 6 heteroatoms. The van der Waals surface area contributed by atoms with Gasteiger partial charge in [0.15, 0.2) is 0 Å². The summed E-state index contributed by atoms with van der Waals surface area (Å²) >= 11 is 0. The third kappa shape index (κ3) is 3.14. The van der Waals surface area contributed by atoms with Gasteiger partial charge in [-0.25, -0.2) is 0 Å². The Kier molecular flexibility index (Phi) is 4.21. The van der Waals surface area contributed by atoms with Crippen molar-refractivity contribution in [3.63, 3.8) is 0 Å². The van der Waals surface area contributed by atoms with Crippen LogP contribution < -0.4 is 10.2 Å². The van der Waals surface area contributed by atoms with E-state index in [2.05, 4.69) is 10.2 Å². The summed E-state index contributed by atoms with van der Waals surface area (Å²) < 4.78 is 5.35. The van der Waals surface area contributed by atoms with Crippen LogP contribution in [0.5, 0.6) is 0 Å². The third-order valence-electron chi connectivity index (χ3n) is 3.55. The van der Waals surface area contributed by atoms with Gasteiger partial charge in [-0.3, -0.25) is 10.1 Å². The molecule has 0 radical (unpaired) electrons. The van der Waals surface area contributed by atoms with E-state index in [9.17, 15) is 10.1 Å². The number of rotatable bonds is 4. The van der Waals surface area contributed by atoms with Crippen molar-refractivity contribution in [1.82, 2.24) is 0 Å². The van der Waals surface area contributed by atoms with Crippen LogP contribution in [-0.2, 0) is 4.74 Å². The molecule has 1 aromatic rings. The summed E-state index contributed by atoms with van der Waals surface area (Å²) in [7, 11) is 3.74. The maximum absolute atomic E-state index is 11.0. The molecule has 0 atom stereocenters. The predicted octanol–water partition coefficient (Wildman–Crippen LogP) is 2.25. The zero-order chi connectivity index (χ0) is 13.8. The maximum atomic E-state index is 11.0. The van der Waals surface area contributed by atoms with E-state index in [1.54, 1.807) is 19.2 Å². The maximum Gasteiger partial charge on any atom is 0.273 e. The SMILES string of the molecule is CNc1cc(N(C)C2CCOCC2)cc([N+](=O)[O-])c1. The number of benzene rings is 1. The van der Waals surface area contributed by atoms with Crippen molar-refractivity contribution >= 4 is 17.1 Å². The Bertz CT molecular complexity index is 458. The summed E-state index contributed by atoms with van der Waals surface area (Å²) in [5, 5.41) is 13.9. The molecule has 1 aromatic carbocycles. The van der Waals surface area contributed by atoms with Crippen molar-refractivity contribution in [2.24, 2.45) is 0 Å². The molecule has 1 heterocycles. The second kappa shape index (κ2) is 5.88. The van der Waals surface area contributed by atoms with Gasteiger partial charge in [-0.05, 0) is 18.9 Å². The molecule has 0 saturated carbocycles. The Labute approximate surface area is 112 Å². The first kappa shape index (κ1) is 13.6. The average Bonchev–Trinajstić information content (AvgIpc) is 2.46. The van der Waals surface area contributed by atoms with Gasteiger partial charge in [0, 0.05) is 56.9 Å². The lowest BCUT2D eigenvalue weighted by molar-refractivity contribution is -0.384. The van der Waals surface area contributed by atoms with E-state index < -0.39 is 0 Å². The molecule has 1 saturated heterocycles. The first-order chi connectivity index (χ1) is 9.11. The van der Waals surface area contributed by atoms with Crippen LogP contribution in [0.25, 0.3) is 0 Å². The van der Waals surface area contributed by atoms with E-state index in [0.29, 0.717) is 6.04 Å². The highest BCUT2D eigenvalue weighted by Gasteiger charge is 2.20. The molecule has 1 aliphatic rings. The van der Waals surface area contributed by atoms with Gasteiger partial charge in [0.2, 0.25) is 0 Å². The number of non-ortho nitro benzene ring substituents is 1. The Morgan fingerprint density at radius 2 is 2.05 bits per heavy atom. The lowest BCUT2D eigenvalue weighted by atomic mass is 10.1. The van der Waals surface area contributed by atoms with Crippen molar-refractivity contribution in [2.75, 3.05) is 37.5 Å². The quantitative estimate of drug-likeness (QED) is 0.668. The molecule has 19 heavy (non-hydrogen) atoms. The van der Waals surface area contributed by atoms with Gasteiger partial charge in [-0.15, -0.1) is 0 Å². The average molecular weight is 265 g/mol. The molecule has 0 aromatic heterocycles. The van der Waals surface area contributed by atoms with Crippen molar-refractivity contribution in [2.45, 2.75) is 18.9 Å². The minimum atomic E-state index is -0.359. The van der Waals surface area contributed by atoms with Crippen LogP contribution in [0.1, 0.15) is 12.8 Å². The largest absolute Gasteiger partial charge is 0.388 e. The fourth-order valence-corrected chi connectivity index (χ4v) is 2.33. The first-order valence-corrected chi connectivity index (χ1v) is 6.39. The molecule has 0 aliphatic carbocycles. The molecule has 1 fully saturated rings. The summed E-state index contributed by atoms with van der Waals surface area (Å²) in [5.74, 6) is 0. The zero-order valence-corrected chi connectivity index (χ0v) is 11.3. The normalized spacial score (nSPS) is 16.1. The van der Waals surface area contributed by atoms with Gasteiger partial charge in [0.05, 0.1) is 4.92 Å². The van der Waals surface area contributed by atoms with Gasteiger partial charge >= 0.3 is 0 Å². The number of nitro groups is 1. The molecular formula is C13H19N3O3. The lowest BCUT2D eigenvalue weighted by Crippen LogP contribution is -2.36. The Balaban J connectivity index is 2.26. The third-order valence-corrected chi connectivity index (χ3v) is 3.55. The minimum Gasteiger partial charge on any atom is -0.388 e. The number of nitro benzene ring substituents is 1. The van der Waals surface area contributed by atoms with E-state index in [-0.39, 0.29) is 10.6 Å². The van der Waals surface area contributed by atoms with Gasteiger partial charge in [0.1, 0.15) is 0 Å². The van der Waals surface area contributed by atoms with Crippen LogP contribution in [0.4, 0.5) is 17.1 Å². The molecule has 0 bridgehead atoms. The summed E-state index contributed by atoms with van der Waals surface area (Å²) in [6.45, 7) is 1.51. The van der Waals surface area contributed by atoms with Crippen LogP contribution in [0, 0.1) is 10.1 Å². The van der Waals surface area contributed by atoms with Crippen molar-refractivity contribution in [3.05, 3.63) is 28.3 Å². The number of nitrogens with one attached hydrogen (secondary N) is 1. The van der Waals surface area contributed by atoms with Crippen molar-refractivity contribution in [3.8, 4) is 0 Å². The first-order valence-electron chi connectivity index (χ1n) is 6.39. The van der Waals surface area contributed by atoms with Crippen molar-refractivity contribution in [1.29, 1.82) is 0 Å². The smallest absolute Gasteiger partial charge is 0.273 e. The summed E-state index contributed by atoms with van der Waals surface area (Å²) in [4.78, 5) is 12.7. The minimum absolute atomic E-state index is 0.112. The number of anilines is 2. The molecular weight excluding hydrogens is 246 g/mol. The number of ether oxygens (including phenoxy) is 1. The highest BCUT2D eigenvalue weighted by molar-refractivity contribution is 5.64. The highest BCUT2D eigenvalue weighted by Crippen LogP contribution is 2.29. The molecule has 104 valence electrons. The Hall–Kier alpha value is -1.82. The second-order valence-corrected chi connectivity index (χ2v) is 4.70. The van der Waals surface area contributed by atoms with E-state index in [0.717, 1.165) is 37.4 Å². The van der Waals surface area contributed by atoms with Gasteiger partial charge in [0.25, 0.3) is 5.69 Å². The second-order valence-electron chi connectivity index (χ2n) is 4.70. The predicted molar refractivity (Wildman–Crippen MR) is 74.9 cm³/mol. The number of hydrogen-bond donors (Lipinski definition) is 1.